The Morgan fingerprint density at radius 2 is 1.83 bits per heavy atom. The van der Waals surface area contributed by atoms with Gasteiger partial charge in [-0.25, -0.2) is 15.0 Å². The van der Waals surface area contributed by atoms with Crippen molar-refractivity contribution in [2.75, 3.05) is 5.73 Å². The number of fused-ring (bicyclic) bond motifs is 1. The Morgan fingerprint density at radius 3 is 2.61 bits per heavy atom. The molecular formula is C13H9BrN4. The summed E-state index contributed by atoms with van der Waals surface area (Å²) in [5.41, 5.74) is 7.62. The molecule has 0 saturated carbocycles. The zero-order valence-corrected chi connectivity index (χ0v) is 10.9. The quantitative estimate of drug-likeness (QED) is 0.702. The third-order valence-electron chi connectivity index (χ3n) is 2.62. The van der Waals surface area contributed by atoms with Crippen LogP contribution in [0.3, 0.4) is 0 Å². The van der Waals surface area contributed by atoms with E-state index in [0.29, 0.717) is 11.6 Å². The summed E-state index contributed by atoms with van der Waals surface area (Å²) in [5.74, 6) is 1.07. The Kier molecular flexibility index (Phi) is 2.68. The van der Waals surface area contributed by atoms with Crippen LogP contribution < -0.4 is 5.73 Å². The molecule has 0 bridgehead atoms. The molecule has 0 aliphatic heterocycles. The molecule has 2 heterocycles. The van der Waals surface area contributed by atoms with E-state index in [9.17, 15) is 0 Å². The highest BCUT2D eigenvalue weighted by Crippen LogP contribution is 2.22. The highest BCUT2D eigenvalue weighted by atomic mass is 79.9. The van der Waals surface area contributed by atoms with Crippen LogP contribution in [-0.2, 0) is 0 Å². The van der Waals surface area contributed by atoms with E-state index in [2.05, 4.69) is 30.9 Å². The van der Waals surface area contributed by atoms with Crippen molar-refractivity contribution in [1.82, 2.24) is 15.0 Å². The molecule has 0 aliphatic rings. The van der Waals surface area contributed by atoms with Gasteiger partial charge in [-0.05, 0) is 40.2 Å². The van der Waals surface area contributed by atoms with Crippen LogP contribution in [0.5, 0.6) is 0 Å². The summed E-state index contributed by atoms with van der Waals surface area (Å²) in [5, 5.41) is 0.867. The molecule has 1 aromatic carbocycles. The molecule has 4 nitrogen and oxygen atoms in total. The number of anilines is 1. The molecule has 3 rings (SSSR count). The molecule has 2 N–H and O–H groups in total. The number of pyridine rings is 1. The molecule has 3 aromatic rings. The molecule has 0 spiro atoms. The number of rotatable bonds is 1. The van der Waals surface area contributed by atoms with Gasteiger partial charge in [0.1, 0.15) is 10.4 Å². The number of halogens is 1. The zero-order chi connectivity index (χ0) is 12.5. The molecule has 18 heavy (non-hydrogen) atoms. The van der Waals surface area contributed by atoms with Crippen LogP contribution in [0.25, 0.3) is 22.3 Å². The van der Waals surface area contributed by atoms with E-state index in [1.807, 2.05) is 36.4 Å². The maximum atomic E-state index is 5.94. The standard InChI is InChI=1S/C13H9BrN4/c14-11-6-5-8(7-16-11)13-17-10-4-2-1-3-9(10)12(15)18-13/h1-7H,(H2,15,17,18). The van der Waals surface area contributed by atoms with Gasteiger partial charge in [0, 0.05) is 17.1 Å². The molecule has 5 heteroatoms. The first-order chi connectivity index (χ1) is 8.74. The second-order valence-corrected chi connectivity index (χ2v) is 4.63. The van der Waals surface area contributed by atoms with Gasteiger partial charge < -0.3 is 5.73 Å². The van der Waals surface area contributed by atoms with Crippen LogP contribution in [0.2, 0.25) is 0 Å². The highest BCUT2D eigenvalue weighted by molar-refractivity contribution is 9.10. The summed E-state index contributed by atoms with van der Waals surface area (Å²) >= 11 is 3.30. The molecule has 2 aromatic heterocycles. The number of nitrogen functional groups attached to an aromatic ring is 1. The van der Waals surface area contributed by atoms with Crippen LogP contribution in [0.4, 0.5) is 5.82 Å². The number of para-hydroxylation sites is 1. The van der Waals surface area contributed by atoms with E-state index in [4.69, 9.17) is 5.73 Å². The van der Waals surface area contributed by atoms with Crippen molar-refractivity contribution in [3.63, 3.8) is 0 Å². The van der Waals surface area contributed by atoms with Crippen LogP contribution in [0.1, 0.15) is 0 Å². The molecule has 0 saturated heterocycles. The van der Waals surface area contributed by atoms with Crippen LogP contribution in [0.15, 0.2) is 47.2 Å². The number of nitrogens with two attached hydrogens (primary N) is 1. The molecule has 0 unspecified atom stereocenters. The fourth-order valence-electron chi connectivity index (χ4n) is 1.74. The van der Waals surface area contributed by atoms with E-state index in [1.54, 1.807) is 6.20 Å². The summed E-state index contributed by atoms with van der Waals surface area (Å²) in [6.07, 6.45) is 1.72. The maximum Gasteiger partial charge on any atom is 0.163 e. The number of hydrogen-bond acceptors (Lipinski definition) is 4. The third kappa shape index (κ3) is 1.93. The van der Waals surface area contributed by atoms with E-state index in [1.165, 1.54) is 0 Å². The second kappa shape index (κ2) is 4.34. The summed E-state index contributed by atoms with van der Waals surface area (Å²) in [6, 6.07) is 11.4. The minimum absolute atomic E-state index is 0.485. The number of benzene rings is 1. The first-order valence-electron chi connectivity index (χ1n) is 5.38. The zero-order valence-electron chi connectivity index (χ0n) is 9.34. The van der Waals surface area contributed by atoms with Crippen molar-refractivity contribution in [2.45, 2.75) is 0 Å². The van der Waals surface area contributed by atoms with E-state index < -0.39 is 0 Å². The Bertz CT molecular complexity index is 710. The second-order valence-electron chi connectivity index (χ2n) is 3.82. The Balaban J connectivity index is 2.21. The van der Waals surface area contributed by atoms with E-state index in [0.717, 1.165) is 21.1 Å². The number of hydrogen-bond donors (Lipinski definition) is 1. The Labute approximate surface area is 112 Å². The molecule has 0 aliphatic carbocycles. The lowest BCUT2D eigenvalue weighted by Crippen LogP contribution is -1.97. The van der Waals surface area contributed by atoms with E-state index in [-0.39, 0.29) is 0 Å². The minimum Gasteiger partial charge on any atom is -0.383 e. The third-order valence-corrected chi connectivity index (χ3v) is 3.09. The summed E-state index contributed by atoms with van der Waals surface area (Å²) in [4.78, 5) is 13.0. The van der Waals surface area contributed by atoms with Gasteiger partial charge in [-0.1, -0.05) is 12.1 Å². The average Bonchev–Trinajstić information content (AvgIpc) is 2.39. The largest absolute Gasteiger partial charge is 0.383 e. The summed E-state index contributed by atoms with van der Waals surface area (Å²) in [7, 11) is 0. The molecule has 0 atom stereocenters. The molecule has 0 radical (unpaired) electrons. The molecule has 88 valence electrons. The van der Waals surface area contributed by atoms with Crippen molar-refractivity contribution >= 4 is 32.7 Å². The first kappa shape index (κ1) is 11.1. The SMILES string of the molecule is Nc1nc(-c2ccc(Br)nc2)nc2ccccc12. The van der Waals surface area contributed by atoms with Crippen LogP contribution >= 0.6 is 15.9 Å². The Hall–Kier alpha value is -2.01. The molecular weight excluding hydrogens is 292 g/mol. The fraction of sp³-hybridized carbons (Fsp3) is 0. The minimum atomic E-state index is 0.485. The predicted octanol–water partition coefficient (Wildman–Crippen LogP) is 3.04. The molecule has 0 amide bonds. The topological polar surface area (TPSA) is 64.7 Å². The van der Waals surface area contributed by atoms with Crippen molar-refractivity contribution in [3.05, 3.63) is 47.2 Å². The maximum absolute atomic E-state index is 5.94. The van der Waals surface area contributed by atoms with Crippen molar-refractivity contribution in [2.24, 2.45) is 0 Å². The van der Waals surface area contributed by atoms with Crippen molar-refractivity contribution in [3.8, 4) is 11.4 Å². The van der Waals surface area contributed by atoms with Crippen molar-refractivity contribution in [1.29, 1.82) is 0 Å². The van der Waals surface area contributed by atoms with Gasteiger partial charge in [-0.3, -0.25) is 0 Å². The van der Waals surface area contributed by atoms with Crippen molar-refractivity contribution < 1.29 is 0 Å². The summed E-state index contributed by atoms with van der Waals surface area (Å²) < 4.78 is 0.778. The predicted molar refractivity (Wildman–Crippen MR) is 74.9 cm³/mol. The normalized spacial score (nSPS) is 10.7. The lowest BCUT2D eigenvalue weighted by Gasteiger charge is -2.05. The fourth-order valence-corrected chi connectivity index (χ4v) is 1.97. The highest BCUT2D eigenvalue weighted by Gasteiger charge is 2.06. The van der Waals surface area contributed by atoms with Crippen LogP contribution in [-0.4, -0.2) is 15.0 Å². The van der Waals surface area contributed by atoms with E-state index >= 15 is 0 Å². The number of nitrogens with zero attached hydrogens (tertiary/aromatic N) is 3. The van der Waals surface area contributed by atoms with Gasteiger partial charge in [0.15, 0.2) is 5.82 Å². The van der Waals surface area contributed by atoms with Gasteiger partial charge in [0.25, 0.3) is 0 Å². The Morgan fingerprint density at radius 1 is 1.00 bits per heavy atom. The summed E-state index contributed by atoms with van der Waals surface area (Å²) in [6.45, 7) is 0. The van der Waals surface area contributed by atoms with Gasteiger partial charge in [0.05, 0.1) is 5.52 Å². The molecule has 0 fully saturated rings. The van der Waals surface area contributed by atoms with Gasteiger partial charge in [-0.15, -0.1) is 0 Å². The average molecular weight is 301 g/mol. The number of aromatic nitrogens is 3. The van der Waals surface area contributed by atoms with Crippen LogP contribution in [0, 0.1) is 0 Å². The van der Waals surface area contributed by atoms with Gasteiger partial charge >= 0.3 is 0 Å². The first-order valence-corrected chi connectivity index (χ1v) is 6.17. The lowest BCUT2D eigenvalue weighted by molar-refractivity contribution is 1.20. The lowest BCUT2D eigenvalue weighted by atomic mass is 10.2. The van der Waals surface area contributed by atoms with Gasteiger partial charge in [0.2, 0.25) is 0 Å². The van der Waals surface area contributed by atoms with Gasteiger partial charge in [-0.2, -0.15) is 0 Å². The monoisotopic (exact) mass is 300 g/mol. The smallest absolute Gasteiger partial charge is 0.163 e.